The van der Waals surface area contributed by atoms with E-state index < -0.39 is 5.92 Å². The van der Waals surface area contributed by atoms with E-state index in [1.165, 1.54) is 6.20 Å². The molecule has 2 fully saturated rings. The summed E-state index contributed by atoms with van der Waals surface area (Å²) in [6.45, 7) is 8.22. The van der Waals surface area contributed by atoms with Crippen molar-refractivity contribution in [3.8, 4) is 0 Å². The van der Waals surface area contributed by atoms with Crippen molar-refractivity contribution in [3.63, 3.8) is 0 Å². The third kappa shape index (κ3) is 5.13. The van der Waals surface area contributed by atoms with Gasteiger partial charge in [0.2, 0.25) is 5.92 Å². The number of halogens is 2. The van der Waals surface area contributed by atoms with Crippen LogP contribution in [0.1, 0.15) is 48.5 Å². The number of ether oxygens (including phenoxy) is 1. The van der Waals surface area contributed by atoms with Crippen LogP contribution < -0.4 is 5.56 Å². The molecule has 1 aromatic carbocycles. The predicted molar refractivity (Wildman–Crippen MR) is 138 cm³/mol. The van der Waals surface area contributed by atoms with Crippen LogP contribution in [0.15, 0.2) is 23.1 Å². The second-order valence-corrected chi connectivity index (χ2v) is 10.7. The monoisotopic (exact) mass is 515 g/mol. The van der Waals surface area contributed by atoms with Crippen molar-refractivity contribution >= 4 is 27.7 Å². The molecule has 10 heteroatoms. The first-order valence-corrected chi connectivity index (χ1v) is 13.1. The normalized spacial score (nSPS) is 20.6. The Labute approximate surface area is 214 Å². The van der Waals surface area contributed by atoms with Crippen molar-refractivity contribution in [2.75, 3.05) is 39.9 Å². The van der Waals surface area contributed by atoms with Gasteiger partial charge in [0.05, 0.1) is 22.6 Å². The minimum absolute atomic E-state index is 0.0330. The van der Waals surface area contributed by atoms with Crippen LogP contribution in [0.5, 0.6) is 0 Å². The number of amides is 1. The Morgan fingerprint density at radius 3 is 2.70 bits per heavy atom. The first-order valence-electron chi connectivity index (χ1n) is 13.1. The standard InChI is InChI=1S/C27H35F2N5O3/c1-17-10-23-21(24-22(25(35)31-23)14-30-34(24)16-19-12-27(28,29)13-19)11-20(17)26(36)33-8-7-32(18(2)15-33)6-4-5-9-37-3/h10-11,14,18-19H,4-9,12-13,15-16H2,1-3H3,(H,31,35)/t18-/m1/s1. The number of benzene rings is 1. The van der Waals surface area contributed by atoms with Gasteiger partial charge in [-0.15, -0.1) is 0 Å². The van der Waals surface area contributed by atoms with Crippen LogP contribution in [-0.4, -0.2) is 82.3 Å². The Morgan fingerprint density at radius 2 is 2.00 bits per heavy atom. The van der Waals surface area contributed by atoms with Gasteiger partial charge in [-0.05, 0) is 56.8 Å². The first kappa shape index (κ1) is 25.8. The zero-order valence-electron chi connectivity index (χ0n) is 21.7. The molecule has 2 aromatic heterocycles. The van der Waals surface area contributed by atoms with E-state index in [0.29, 0.717) is 47.0 Å². The van der Waals surface area contributed by atoms with Crippen LogP contribution in [0.2, 0.25) is 0 Å². The molecule has 1 aliphatic carbocycles. The minimum Gasteiger partial charge on any atom is -0.385 e. The third-order valence-electron chi connectivity index (χ3n) is 7.88. The molecule has 1 saturated carbocycles. The third-order valence-corrected chi connectivity index (χ3v) is 7.88. The number of alkyl halides is 2. The zero-order valence-corrected chi connectivity index (χ0v) is 21.7. The van der Waals surface area contributed by atoms with Gasteiger partial charge in [-0.25, -0.2) is 8.78 Å². The van der Waals surface area contributed by atoms with Crippen LogP contribution >= 0.6 is 0 Å². The van der Waals surface area contributed by atoms with Gasteiger partial charge in [0, 0.05) is 69.7 Å². The quantitative estimate of drug-likeness (QED) is 0.462. The highest BCUT2D eigenvalue weighted by Gasteiger charge is 2.45. The number of methoxy groups -OCH3 is 1. The number of nitrogens with one attached hydrogen (secondary N) is 1. The molecule has 0 bridgehead atoms. The molecule has 5 rings (SSSR count). The van der Waals surface area contributed by atoms with Crippen molar-refractivity contribution in [1.29, 1.82) is 0 Å². The lowest BCUT2D eigenvalue weighted by Crippen LogP contribution is -2.53. The molecule has 0 unspecified atom stereocenters. The SMILES string of the molecule is COCCCCN1CCN(C(=O)c2cc3c(cc2C)[nH]c(=O)c2cnn(CC4CC(F)(F)C4)c23)C[C@H]1C. The topological polar surface area (TPSA) is 83.5 Å². The zero-order chi connectivity index (χ0) is 26.3. The average Bonchev–Trinajstić information content (AvgIpc) is 3.25. The maximum atomic E-state index is 13.7. The van der Waals surface area contributed by atoms with Crippen LogP contribution in [-0.2, 0) is 11.3 Å². The number of aromatic nitrogens is 3. The van der Waals surface area contributed by atoms with Gasteiger partial charge in [-0.2, -0.15) is 5.10 Å². The van der Waals surface area contributed by atoms with Crippen molar-refractivity contribution < 1.29 is 18.3 Å². The van der Waals surface area contributed by atoms with Gasteiger partial charge in [0.25, 0.3) is 11.5 Å². The summed E-state index contributed by atoms with van der Waals surface area (Å²) >= 11 is 0. The molecule has 0 radical (unpaired) electrons. The number of hydrogen-bond acceptors (Lipinski definition) is 5. The van der Waals surface area contributed by atoms with Gasteiger partial charge in [-0.1, -0.05) is 0 Å². The van der Waals surface area contributed by atoms with E-state index in [-0.39, 0.29) is 36.3 Å². The molecule has 3 aromatic rings. The van der Waals surface area contributed by atoms with E-state index in [4.69, 9.17) is 4.74 Å². The van der Waals surface area contributed by atoms with Gasteiger partial charge < -0.3 is 14.6 Å². The van der Waals surface area contributed by atoms with Gasteiger partial charge in [0.1, 0.15) is 0 Å². The highest BCUT2D eigenvalue weighted by molar-refractivity contribution is 6.07. The molecule has 2 aliphatic rings. The van der Waals surface area contributed by atoms with Crippen molar-refractivity contribution in [3.05, 3.63) is 39.8 Å². The summed E-state index contributed by atoms with van der Waals surface area (Å²) < 4.78 is 33.6. The number of hydrogen-bond donors (Lipinski definition) is 1. The molecule has 3 heterocycles. The predicted octanol–water partition coefficient (Wildman–Crippen LogP) is 3.80. The van der Waals surface area contributed by atoms with E-state index in [0.717, 1.165) is 38.1 Å². The molecule has 1 aliphatic heterocycles. The van der Waals surface area contributed by atoms with Crippen LogP contribution in [0.4, 0.5) is 8.78 Å². The summed E-state index contributed by atoms with van der Waals surface area (Å²) in [6.07, 6.45) is 3.23. The molecule has 0 spiro atoms. The number of aryl methyl sites for hydroxylation is 1. The fraction of sp³-hybridized carbons (Fsp3) is 0.593. The second-order valence-electron chi connectivity index (χ2n) is 10.7. The van der Waals surface area contributed by atoms with Gasteiger partial charge >= 0.3 is 0 Å². The van der Waals surface area contributed by atoms with E-state index in [2.05, 4.69) is 21.9 Å². The lowest BCUT2D eigenvalue weighted by Gasteiger charge is -2.40. The molecule has 8 nitrogen and oxygen atoms in total. The highest BCUT2D eigenvalue weighted by atomic mass is 19.3. The highest BCUT2D eigenvalue weighted by Crippen LogP contribution is 2.43. The minimum atomic E-state index is -2.62. The number of rotatable bonds is 8. The van der Waals surface area contributed by atoms with Gasteiger partial charge in [-0.3, -0.25) is 19.2 Å². The molecule has 1 amide bonds. The fourth-order valence-electron chi connectivity index (χ4n) is 5.80. The number of carbonyl (C=O) groups is 1. The number of nitrogens with zero attached hydrogens (tertiary/aromatic N) is 4. The Bertz CT molecular complexity index is 1360. The lowest BCUT2D eigenvalue weighted by molar-refractivity contribution is -0.114. The molecule has 200 valence electrons. The molecular weight excluding hydrogens is 480 g/mol. The molecule has 1 atom stereocenters. The summed E-state index contributed by atoms with van der Waals surface area (Å²) in [5.41, 5.74) is 2.30. The Kier molecular flexibility index (Phi) is 7.06. The van der Waals surface area contributed by atoms with Crippen LogP contribution in [0.3, 0.4) is 0 Å². The number of piperazine rings is 1. The van der Waals surface area contributed by atoms with Crippen molar-refractivity contribution in [1.82, 2.24) is 24.6 Å². The van der Waals surface area contributed by atoms with E-state index >= 15 is 0 Å². The summed E-state index contributed by atoms with van der Waals surface area (Å²) in [5, 5.41) is 5.47. The summed E-state index contributed by atoms with van der Waals surface area (Å²) in [7, 11) is 1.72. The fourth-order valence-corrected chi connectivity index (χ4v) is 5.80. The summed E-state index contributed by atoms with van der Waals surface area (Å²) in [6, 6.07) is 3.92. The second kappa shape index (κ2) is 10.1. The number of aromatic amines is 1. The maximum Gasteiger partial charge on any atom is 0.259 e. The Hall–Kier alpha value is -2.85. The van der Waals surface area contributed by atoms with Crippen LogP contribution in [0.25, 0.3) is 21.8 Å². The number of pyridine rings is 1. The Morgan fingerprint density at radius 1 is 1.22 bits per heavy atom. The Balaban J connectivity index is 1.40. The largest absolute Gasteiger partial charge is 0.385 e. The van der Waals surface area contributed by atoms with Crippen molar-refractivity contribution in [2.45, 2.75) is 58.0 Å². The molecule has 1 N–H and O–H groups in total. The number of H-pyrrole nitrogens is 1. The van der Waals surface area contributed by atoms with E-state index in [1.54, 1.807) is 11.8 Å². The van der Waals surface area contributed by atoms with E-state index in [1.807, 2.05) is 24.0 Å². The number of fused-ring (bicyclic) bond motifs is 3. The summed E-state index contributed by atoms with van der Waals surface area (Å²) in [4.78, 5) is 33.6. The average molecular weight is 516 g/mol. The van der Waals surface area contributed by atoms with Crippen molar-refractivity contribution in [2.24, 2.45) is 5.92 Å². The number of unbranched alkanes of at least 4 members (excludes halogenated alkanes) is 1. The summed E-state index contributed by atoms with van der Waals surface area (Å²) in [5.74, 6) is -2.84. The van der Waals surface area contributed by atoms with Gasteiger partial charge in [0.15, 0.2) is 0 Å². The lowest BCUT2D eigenvalue weighted by atomic mass is 9.81. The van der Waals surface area contributed by atoms with E-state index in [9.17, 15) is 18.4 Å². The smallest absolute Gasteiger partial charge is 0.259 e. The maximum absolute atomic E-state index is 13.7. The molecule has 1 saturated heterocycles. The first-order chi connectivity index (χ1) is 17.7. The molecular formula is C27H35F2N5O3. The number of carbonyl (C=O) groups excluding carboxylic acids is 1. The molecule has 37 heavy (non-hydrogen) atoms. The van der Waals surface area contributed by atoms with Crippen LogP contribution in [0, 0.1) is 12.8 Å².